The van der Waals surface area contributed by atoms with Gasteiger partial charge in [-0.1, -0.05) is 37.3 Å². The first-order valence-electron chi connectivity index (χ1n) is 10.3. The smallest absolute Gasteiger partial charge is 0.332 e. The number of aromatic nitrogens is 4. The van der Waals surface area contributed by atoms with Gasteiger partial charge in [0.1, 0.15) is 0 Å². The van der Waals surface area contributed by atoms with Crippen LogP contribution >= 0.6 is 0 Å². The van der Waals surface area contributed by atoms with Crippen molar-refractivity contribution in [3.8, 4) is 0 Å². The molecule has 3 heterocycles. The van der Waals surface area contributed by atoms with Crippen LogP contribution in [0.3, 0.4) is 0 Å². The van der Waals surface area contributed by atoms with E-state index in [1.54, 1.807) is 11.6 Å². The maximum absolute atomic E-state index is 13.0. The number of fused-ring (bicyclic) bond motifs is 1. The molecule has 9 nitrogen and oxygen atoms in total. The number of aliphatic hydroxyl groups excluding tert-OH is 1. The van der Waals surface area contributed by atoms with Crippen LogP contribution in [-0.2, 0) is 20.6 Å². The Bertz CT molecular complexity index is 1160. The zero-order chi connectivity index (χ0) is 21.4. The van der Waals surface area contributed by atoms with E-state index in [4.69, 9.17) is 4.98 Å². The molecule has 0 radical (unpaired) electrons. The molecule has 0 saturated carbocycles. The Labute approximate surface area is 174 Å². The van der Waals surface area contributed by atoms with E-state index in [1.165, 1.54) is 11.6 Å². The first-order valence-corrected chi connectivity index (χ1v) is 10.3. The predicted octanol–water partition coefficient (Wildman–Crippen LogP) is 0.309. The maximum atomic E-state index is 13.0. The standard InChI is InChI=1S/C21H28N6O3/c1-4-25-10-12-26(13-11-25)20-22-18-17(19(29)24(3)21(30)23(18)2)27(20)14-16(28)15-8-6-5-7-9-15/h5-9,16,28H,4,10-14H2,1-3H3/t16-/m0/s1. The topological polar surface area (TPSA) is 88.5 Å². The quantitative estimate of drug-likeness (QED) is 0.649. The molecule has 160 valence electrons. The molecule has 1 fully saturated rings. The molecule has 0 amide bonds. The van der Waals surface area contributed by atoms with Gasteiger partial charge in [0, 0.05) is 40.3 Å². The van der Waals surface area contributed by atoms with Crippen LogP contribution in [0.5, 0.6) is 0 Å². The number of hydrogen-bond acceptors (Lipinski definition) is 6. The Hall–Kier alpha value is -2.91. The lowest BCUT2D eigenvalue weighted by molar-refractivity contribution is 0.158. The molecule has 3 aromatic rings. The van der Waals surface area contributed by atoms with Gasteiger partial charge in [-0.3, -0.25) is 13.9 Å². The number of rotatable bonds is 5. The molecular weight excluding hydrogens is 384 g/mol. The zero-order valence-corrected chi connectivity index (χ0v) is 17.7. The molecule has 0 aliphatic carbocycles. The number of nitrogens with zero attached hydrogens (tertiary/aromatic N) is 6. The molecule has 9 heteroatoms. The molecule has 0 unspecified atom stereocenters. The fourth-order valence-electron chi connectivity index (χ4n) is 4.07. The van der Waals surface area contributed by atoms with Gasteiger partial charge < -0.3 is 19.5 Å². The fraction of sp³-hybridized carbons (Fsp3) is 0.476. The van der Waals surface area contributed by atoms with E-state index in [0.29, 0.717) is 17.1 Å². The van der Waals surface area contributed by atoms with E-state index in [-0.39, 0.29) is 6.54 Å². The van der Waals surface area contributed by atoms with Gasteiger partial charge >= 0.3 is 5.69 Å². The molecule has 0 spiro atoms. The Morgan fingerprint density at radius 1 is 1.03 bits per heavy atom. The third-order valence-corrected chi connectivity index (χ3v) is 5.97. The lowest BCUT2D eigenvalue weighted by Crippen LogP contribution is -2.47. The van der Waals surface area contributed by atoms with Crippen LogP contribution in [0.15, 0.2) is 39.9 Å². The normalized spacial score (nSPS) is 16.3. The van der Waals surface area contributed by atoms with Gasteiger partial charge in [0.25, 0.3) is 5.56 Å². The summed E-state index contributed by atoms with van der Waals surface area (Å²) in [6, 6.07) is 9.36. The van der Waals surface area contributed by atoms with Crippen LogP contribution in [0.1, 0.15) is 18.6 Å². The number of aryl methyl sites for hydroxylation is 1. The lowest BCUT2D eigenvalue weighted by atomic mass is 10.1. The van der Waals surface area contributed by atoms with Crippen LogP contribution in [0.2, 0.25) is 0 Å². The molecular formula is C21H28N6O3. The van der Waals surface area contributed by atoms with Crippen LogP contribution < -0.4 is 16.1 Å². The summed E-state index contributed by atoms with van der Waals surface area (Å²) >= 11 is 0. The predicted molar refractivity (Wildman–Crippen MR) is 116 cm³/mol. The lowest BCUT2D eigenvalue weighted by Gasteiger charge is -2.35. The van der Waals surface area contributed by atoms with Crippen molar-refractivity contribution in [1.29, 1.82) is 0 Å². The Balaban J connectivity index is 1.85. The molecule has 4 rings (SSSR count). The molecule has 1 aliphatic heterocycles. The highest BCUT2D eigenvalue weighted by Crippen LogP contribution is 2.25. The van der Waals surface area contributed by atoms with Crippen molar-refractivity contribution < 1.29 is 5.11 Å². The molecule has 1 aromatic carbocycles. The Morgan fingerprint density at radius 3 is 2.33 bits per heavy atom. The molecule has 1 atom stereocenters. The maximum Gasteiger partial charge on any atom is 0.332 e. The average molecular weight is 412 g/mol. The molecule has 2 aromatic heterocycles. The summed E-state index contributed by atoms with van der Waals surface area (Å²) in [5, 5.41) is 10.9. The van der Waals surface area contributed by atoms with Crippen molar-refractivity contribution >= 4 is 17.1 Å². The van der Waals surface area contributed by atoms with Crippen LogP contribution in [0, 0.1) is 0 Å². The van der Waals surface area contributed by atoms with Crippen molar-refractivity contribution in [2.45, 2.75) is 19.6 Å². The number of benzene rings is 1. The second kappa shape index (κ2) is 8.08. The average Bonchev–Trinajstić information content (AvgIpc) is 3.16. The van der Waals surface area contributed by atoms with Gasteiger partial charge in [0.05, 0.1) is 12.6 Å². The summed E-state index contributed by atoms with van der Waals surface area (Å²) in [4.78, 5) is 34.6. The number of aliphatic hydroxyl groups is 1. The SMILES string of the molecule is CCN1CCN(c2nc3c(c(=O)n(C)c(=O)n3C)n2C[C@H](O)c2ccccc2)CC1. The van der Waals surface area contributed by atoms with Gasteiger partial charge in [-0.2, -0.15) is 4.98 Å². The fourth-order valence-corrected chi connectivity index (χ4v) is 4.07. The first kappa shape index (κ1) is 20.4. The highest BCUT2D eigenvalue weighted by molar-refractivity contribution is 5.74. The number of imidazole rings is 1. The van der Waals surface area contributed by atoms with Crippen molar-refractivity contribution in [3.63, 3.8) is 0 Å². The molecule has 1 aliphatic rings. The third kappa shape index (κ3) is 3.44. The number of likely N-dealkylation sites (N-methyl/N-ethyl adjacent to an activating group) is 1. The van der Waals surface area contributed by atoms with E-state index < -0.39 is 17.4 Å². The van der Waals surface area contributed by atoms with Gasteiger partial charge in [-0.25, -0.2) is 4.79 Å². The van der Waals surface area contributed by atoms with Gasteiger partial charge in [-0.05, 0) is 12.1 Å². The molecule has 0 bridgehead atoms. The van der Waals surface area contributed by atoms with E-state index >= 15 is 0 Å². The van der Waals surface area contributed by atoms with Crippen molar-refractivity contribution in [3.05, 3.63) is 56.7 Å². The Kier molecular flexibility index (Phi) is 5.48. The Morgan fingerprint density at radius 2 is 1.70 bits per heavy atom. The van der Waals surface area contributed by atoms with Crippen molar-refractivity contribution in [1.82, 2.24) is 23.6 Å². The van der Waals surface area contributed by atoms with Crippen LogP contribution in [0.4, 0.5) is 5.95 Å². The second-order valence-corrected chi connectivity index (χ2v) is 7.75. The van der Waals surface area contributed by atoms with Gasteiger partial charge in [0.2, 0.25) is 5.95 Å². The summed E-state index contributed by atoms with van der Waals surface area (Å²) in [6.07, 6.45) is -0.804. The summed E-state index contributed by atoms with van der Waals surface area (Å²) in [7, 11) is 3.09. The van der Waals surface area contributed by atoms with E-state index in [9.17, 15) is 14.7 Å². The molecule has 1 saturated heterocycles. The van der Waals surface area contributed by atoms with E-state index in [2.05, 4.69) is 16.7 Å². The second-order valence-electron chi connectivity index (χ2n) is 7.75. The minimum atomic E-state index is -0.804. The summed E-state index contributed by atoms with van der Waals surface area (Å²) in [5.74, 6) is 0.619. The molecule has 30 heavy (non-hydrogen) atoms. The van der Waals surface area contributed by atoms with Crippen molar-refractivity contribution in [2.24, 2.45) is 14.1 Å². The van der Waals surface area contributed by atoms with Gasteiger partial charge in [0.15, 0.2) is 11.2 Å². The minimum absolute atomic E-state index is 0.178. The summed E-state index contributed by atoms with van der Waals surface area (Å²) < 4.78 is 4.26. The van der Waals surface area contributed by atoms with Crippen LogP contribution in [0.25, 0.3) is 11.2 Å². The third-order valence-electron chi connectivity index (χ3n) is 5.97. The van der Waals surface area contributed by atoms with E-state index in [1.807, 2.05) is 30.3 Å². The van der Waals surface area contributed by atoms with E-state index in [0.717, 1.165) is 42.9 Å². The zero-order valence-electron chi connectivity index (χ0n) is 17.7. The number of hydrogen-bond donors (Lipinski definition) is 1. The van der Waals surface area contributed by atoms with Crippen molar-refractivity contribution in [2.75, 3.05) is 37.6 Å². The first-order chi connectivity index (χ1) is 14.4. The summed E-state index contributed by atoms with van der Waals surface area (Å²) in [5.41, 5.74) is 0.629. The molecule has 1 N–H and O–H groups in total. The van der Waals surface area contributed by atoms with Crippen LogP contribution in [-0.4, -0.2) is 61.4 Å². The summed E-state index contributed by atoms with van der Waals surface area (Å²) in [6.45, 7) is 6.65. The highest BCUT2D eigenvalue weighted by atomic mass is 16.3. The minimum Gasteiger partial charge on any atom is -0.387 e. The number of piperazine rings is 1. The largest absolute Gasteiger partial charge is 0.387 e. The highest BCUT2D eigenvalue weighted by Gasteiger charge is 2.26. The number of anilines is 1. The monoisotopic (exact) mass is 412 g/mol. The van der Waals surface area contributed by atoms with Gasteiger partial charge in [-0.15, -0.1) is 0 Å².